The molecule has 10 aliphatic rings. The van der Waals surface area contributed by atoms with Gasteiger partial charge < -0.3 is 54.8 Å². The minimum absolute atomic E-state index is 0.0245. The molecule has 5 amide bonds. The van der Waals surface area contributed by atoms with E-state index in [0.717, 1.165) is 191 Å². The summed E-state index contributed by atoms with van der Waals surface area (Å²) in [5, 5.41) is 57.5. The molecule has 130 heavy (non-hydrogen) atoms. The van der Waals surface area contributed by atoms with Crippen molar-refractivity contribution in [2.75, 3.05) is 32.7 Å². The van der Waals surface area contributed by atoms with E-state index in [1.807, 2.05) is 185 Å². The topological polar surface area (TPSA) is 239 Å². The highest BCUT2D eigenvalue weighted by Gasteiger charge is 2.52. The molecule has 10 atom stereocenters. The van der Waals surface area contributed by atoms with E-state index in [9.17, 15) is 54.3 Å². The van der Waals surface area contributed by atoms with Crippen LogP contribution >= 0.6 is 0 Å². The third kappa shape index (κ3) is 21.4. The van der Waals surface area contributed by atoms with Gasteiger partial charge in [0.25, 0.3) is 0 Å². The number of phenols is 2. The molecule has 23 heteroatoms. The monoisotopic (exact) mass is 1750 g/mol. The number of rotatable bonds is 20. The fraction of sp³-hybridized carbons (Fsp3) is 0.393. The van der Waals surface area contributed by atoms with E-state index in [0.29, 0.717) is 61.1 Å². The minimum Gasteiger partial charge on any atom is -0.508 e. The molecule has 10 aromatic rings. The number of benzene rings is 10. The normalized spacial score (nSPS) is 23.2. The van der Waals surface area contributed by atoms with Crippen molar-refractivity contribution in [1.82, 2.24) is 49.0 Å². The first-order valence-corrected chi connectivity index (χ1v) is 47.3. The van der Waals surface area contributed by atoms with Crippen molar-refractivity contribution in [3.63, 3.8) is 0 Å². The van der Waals surface area contributed by atoms with Gasteiger partial charge >= 0.3 is 14.2 Å². The maximum atomic E-state index is 13.2. The van der Waals surface area contributed by atoms with E-state index in [4.69, 9.17) is 0 Å². The van der Waals surface area contributed by atoms with Crippen LogP contribution in [0.5, 0.6) is 11.5 Å². The van der Waals surface area contributed by atoms with Crippen molar-refractivity contribution in [2.24, 2.45) is 0 Å². The van der Waals surface area contributed by atoms with Crippen molar-refractivity contribution < 1.29 is 54.3 Å². The molecule has 10 heterocycles. The van der Waals surface area contributed by atoms with Crippen LogP contribution in [-0.2, 0) is 76.0 Å². The number of amides is 5. The second-order valence-electron chi connectivity index (χ2n) is 37.0. The first-order chi connectivity index (χ1) is 63.2. The minimum atomic E-state index is -1.47. The Bertz CT molecular complexity index is 5010. The van der Waals surface area contributed by atoms with Crippen LogP contribution in [0.25, 0.3) is 0 Å². The molecule has 0 bridgehead atoms. The second kappa shape index (κ2) is 42.9. The van der Waals surface area contributed by atoms with Crippen molar-refractivity contribution in [3.8, 4) is 11.5 Å². The Morgan fingerprint density at radius 2 is 0.508 bits per heavy atom. The van der Waals surface area contributed by atoms with Crippen LogP contribution in [0, 0.1) is 27.7 Å². The molecular formula is C107H126B2N10O11. The van der Waals surface area contributed by atoms with Crippen LogP contribution in [0.3, 0.4) is 0 Å². The number of fused-ring (bicyclic) bond motifs is 5. The van der Waals surface area contributed by atoms with Crippen molar-refractivity contribution in [2.45, 2.75) is 237 Å². The molecular weight excluding hydrogens is 1620 g/mol. The zero-order valence-corrected chi connectivity index (χ0v) is 75.7. The van der Waals surface area contributed by atoms with Crippen LogP contribution in [0.2, 0.25) is 0 Å². The molecule has 21 nitrogen and oxygen atoms in total. The molecule has 0 aliphatic carbocycles. The van der Waals surface area contributed by atoms with Crippen LogP contribution in [-0.4, -0.2) is 205 Å². The van der Waals surface area contributed by atoms with Crippen molar-refractivity contribution in [1.29, 1.82) is 0 Å². The van der Waals surface area contributed by atoms with Gasteiger partial charge in [-0.1, -0.05) is 275 Å². The Morgan fingerprint density at radius 3 is 0.777 bits per heavy atom. The average Bonchev–Trinajstić information content (AvgIpc) is 1.63. The lowest BCUT2D eigenvalue weighted by Gasteiger charge is -2.34. The molecule has 0 aromatic heterocycles. The van der Waals surface area contributed by atoms with E-state index >= 15 is 0 Å². The Labute approximate surface area is 767 Å². The van der Waals surface area contributed by atoms with Gasteiger partial charge in [0.1, 0.15) is 23.8 Å². The number of phenolic OH excluding ortho intramolecular Hbond substituents is 2. The van der Waals surface area contributed by atoms with E-state index in [2.05, 4.69) is 122 Å². The van der Waals surface area contributed by atoms with Crippen molar-refractivity contribution in [3.05, 3.63) is 333 Å². The molecule has 10 fully saturated rings. The zero-order chi connectivity index (χ0) is 90.5. The highest BCUT2D eigenvalue weighted by molar-refractivity contribution is 6.59. The number of hydrogen-bond donors (Lipinski definition) is 6. The summed E-state index contributed by atoms with van der Waals surface area (Å²) in [7, 11) is -2.95. The van der Waals surface area contributed by atoms with Crippen LogP contribution in [0.1, 0.15) is 187 Å². The fourth-order valence-corrected chi connectivity index (χ4v) is 21.3. The van der Waals surface area contributed by atoms with E-state index in [-0.39, 0.29) is 84.7 Å². The molecule has 20 rings (SSSR count). The van der Waals surface area contributed by atoms with Gasteiger partial charge in [-0.15, -0.1) is 0 Å². The first kappa shape index (κ1) is 92.2. The molecule has 10 saturated heterocycles. The number of carbonyl (C=O) groups excluding carboxylic acids is 5. The number of aryl methyl sites for hydroxylation is 4. The predicted molar refractivity (Wildman–Crippen MR) is 509 cm³/mol. The van der Waals surface area contributed by atoms with E-state index < -0.39 is 14.2 Å². The molecule has 10 aliphatic heterocycles. The maximum absolute atomic E-state index is 13.2. The third-order valence-corrected chi connectivity index (χ3v) is 28.4. The van der Waals surface area contributed by atoms with Gasteiger partial charge in [-0.2, -0.15) is 0 Å². The Balaban J connectivity index is 0.000000119. The highest BCUT2D eigenvalue weighted by atomic mass is 16.4. The lowest BCUT2D eigenvalue weighted by Crippen LogP contribution is -2.44. The first-order valence-electron chi connectivity index (χ1n) is 47.3. The second-order valence-corrected chi connectivity index (χ2v) is 37.0. The van der Waals surface area contributed by atoms with E-state index in [1.54, 1.807) is 24.3 Å². The van der Waals surface area contributed by atoms with Crippen molar-refractivity contribution >= 4 is 54.7 Å². The lowest BCUT2D eigenvalue weighted by molar-refractivity contribution is -0.131. The van der Waals surface area contributed by atoms with Gasteiger partial charge in [-0.3, -0.25) is 48.5 Å². The summed E-state index contributed by atoms with van der Waals surface area (Å²) in [6.07, 6.45) is 18.6. The summed E-state index contributed by atoms with van der Waals surface area (Å²) in [6.45, 7) is 16.1. The van der Waals surface area contributed by atoms with Gasteiger partial charge in [0, 0.05) is 84.7 Å². The summed E-state index contributed by atoms with van der Waals surface area (Å²) in [4.78, 5) is 87.5. The molecule has 0 spiro atoms. The number of hydrogen-bond acceptors (Lipinski definition) is 16. The molecule has 6 N–H and O–H groups in total. The number of piperidine rings is 5. The molecule has 0 saturated carbocycles. The quantitative estimate of drug-likeness (QED) is 0.0389. The van der Waals surface area contributed by atoms with Crippen LogP contribution in [0.4, 0.5) is 0 Å². The van der Waals surface area contributed by atoms with Gasteiger partial charge in [0.05, 0.1) is 48.7 Å². The van der Waals surface area contributed by atoms with Crippen LogP contribution < -0.4 is 10.9 Å². The SMILES string of the molecule is Cc1ccc(CC2N(Cc3ccccc3)C(=O)C3CCCCN32)cc1C.Cc1ccc(CC2N(Cc3ccccc3)C(=O)C3CCCCN32)cc1O.Cc1ccc(CC2N(Cc3ccccc3)C(=O)C3CCCCN32)cc1O.O=C1C2CCCCN2C(c2ccc(B(O)O)cc2)N1Cc1ccccc1.O=C1C2CCCCN2[C@@H](c2ccc(B(O)O)cc2)N1Cc1ccccc1. The predicted octanol–water partition coefficient (Wildman–Crippen LogP) is 13.5. The summed E-state index contributed by atoms with van der Waals surface area (Å²) in [5.41, 5.74) is 16.6. The molecule has 10 aromatic carbocycles. The van der Waals surface area contributed by atoms with Gasteiger partial charge in [0.2, 0.25) is 29.5 Å². The van der Waals surface area contributed by atoms with Gasteiger partial charge in [-0.25, -0.2) is 0 Å². The summed E-state index contributed by atoms with van der Waals surface area (Å²) in [6, 6.07) is 84.0. The maximum Gasteiger partial charge on any atom is 0.488 e. The largest absolute Gasteiger partial charge is 0.508 e. The summed E-state index contributed by atoms with van der Waals surface area (Å²) < 4.78 is 0. The average molecular weight is 1750 g/mol. The molecule has 676 valence electrons. The molecule has 9 unspecified atom stereocenters. The fourth-order valence-electron chi connectivity index (χ4n) is 21.3. The summed E-state index contributed by atoms with van der Waals surface area (Å²) in [5.74, 6) is 1.90. The zero-order valence-electron chi connectivity index (χ0n) is 75.7. The van der Waals surface area contributed by atoms with Crippen LogP contribution in [0.15, 0.2) is 255 Å². The number of carbonyl (C=O) groups is 5. The Morgan fingerprint density at radius 1 is 0.262 bits per heavy atom. The Hall–Kier alpha value is -11.1. The number of aromatic hydroxyl groups is 2. The van der Waals surface area contributed by atoms with E-state index in [1.165, 1.54) is 35.1 Å². The lowest BCUT2D eigenvalue weighted by atomic mass is 9.80. The summed E-state index contributed by atoms with van der Waals surface area (Å²) >= 11 is 0. The number of nitrogens with zero attached hydrogens (tertiary/aromatic N) is 10. The Kier molecular flexibility index (Phi) is 30.4. The third-order valence-electron chi connectivity index (χ3n) is 28.4. The van der Waals surface area contributed by atoms with Gasteiger partial charge in [-0.05, 0) is 193 Å². The highest BCUT2D eigenvalue weighted by Crippen LogP contribution is 2.44. The molecule has 0 radical (unpaired) electrons. The van der Waals surface area contributed by atoms with Gasteiger partial charge in [0.15, 0.2) is 0 Å². The smallest absolute Gasteiger partial charge is 0.488 e. The standard InChI is InChI=1S/C23H28N2O.2C22H26N2O2.2C20H23BN2O3/c1-17-11-12-20(14-18(17)2)15-22-24-13-7-6-10-21(24)23(26)25(22)16-19-8-4-3-5-9-19;2*1-16-10-11-18(13-20(16)25)14-21-23-12-6-5-9-19(23)22(26)24(21)15-17-7-3-2-4-8-17;2*24-20-18-8-4-5-13-22(18)19(16-9-11-17(12-10-16)21(25)26)23(20)14-15-6-2-1-3-7-15/h3-5,8-9,11-12,14,21-22H,6-7,10,13,15-16H2,1-2H3;2*2-4,7-8,10-11,13,19,21,25H,5-6,9,12,14-15H2,1H3;2*1-3,6-7,9-12,18-19,25-26H,4-5,8,13-14H2/t;;;18?,19-;/m...1./s1.